The molecule has 2 aromatic rings. The number of benzene rings is 2. The zero-order valence-electron chi connectivity index (χ0n) is 10.8. The van der Waals surface area contributed by atoms with Crippen LogP contribution in [0.15, 0.2) is 40.9 Å². The fourth-order valence-corrected chi connectivity index (χ4v) is 2.49. The van der Waals surface area contributed by atoms with Gasteiger partial charge in [0, 0.05) is 10.7 Å². The van der Waals surface area contributed by atoms with Crippen molar-refractivity contribution in [2.24, 2.45) is 0 Å². The summed E-state index contributed by atoms with van der Waals surface area (Å²) in [4.78, 5) is 12.0. The number of hydrogen-bond donors (Lipinski definition) is 2. The van der Waals surface area contributed by atoms with Crippen LogP contribution in [0.1, 0.15) is 11.1 Å². The molecule has 1 amide bonds. The predicted molar refractivity (Wildman–Crippen MR) is 84.3 cm³/mol. The maximum absolute atomic E-state index is 12.0. The lowest BCUT2D eigenvalue weighted by molar-refractivity contribution is -0.115. The van der Waals surface area contributed by atoms with Crippen LogP contribution in [0.4, 0.5) is 5.69 Å². The Bertz CT molecular complexity index is 618. The van der Waals surface area contributed by atoms with Crippen molar-refractivity contribution in [2.45, 2.75) is 13.3 Å². The zero-order valence-corrected chi connectivity index (χ0v) is 13.1. The van der Waals surface area contributed by atoms with Gasteiger partial charge in [-0.05, 0) is 58.2 Å². The van der Waals surface area contributed by atoms with Crippen LogP contribution >= 0.6 is 27.5 Å². The number of phenolic OH excluding ortho intramolecular Hbond substituents is 1. The molecule has 3 nitrogen and oxygen atoms in total. The molecule has 0 aliphatic carbocycles. The Morgan fingerprint density at radius 3 is 2.55 bits per heavy atom. The second kappa shape index (κ2) is 6.29. The van der Waals surface area contributed by atoms with Crippen molar-refractivity contribution < 1.29 is 9.90 Å². The molecule has 0 saturated heterocycles. The van der Waals surface area contributed by atoms with E-state index in [0.717, 1.165) is 5.56 Å². The molecule has 0 spiro atoms. The maximum atomic E-state index is 12.0. The third kappa shape index (κ3) is 3.74. The van der Waals surface area contributed by atoms with Gasteiger partial charge in [-0.1, -0.05) is 23.7 Å². The molecule has 0 aliphatic heterocycles. The summed E-state index contributed by atoms with van der Waals surface area (Å²) in [6.07, 6.45) is 0.273. The van der Waals surface area contributed by atoms with Crippen LogP contribution in [0, 0.1) is 6.92 Å². The van der Waals surface area contributed by atoms with Crippen LogP contribution in [0.3, 0.4) is 0 Å². The summed E-state index contributed by atoms with van der Waals surface area (Å²) in [5.74, 6) is 0.0602. The predicted octanol–water partition coefficient (Wildman–Crippen LogP) is 4.30. The summed E-state index contributed by atoms with van der Waals surface area (Å²) in [6, 6.07) is 10.5. The second-order valence-corrected chi connectivity index (χ2v) is 5.77. The van der Waals surface area contributed by atoms with E-state index in [2.05, 4.69) is 21.2 Å². The fraction of sp³-hybridized carbons (Fsp3) is 0.133. The van der Waals surface area contributed by atoms with Crippen LogP contribution in [-0.2, 0) is 11.2 Å². The van der Waals surface area contributed by atoms with Crippen molar-refractivity contribution >= 4 is 39.1 Å². The summed E-state index contributed by atoms with van der Waals surface area (Å²) in [7, 11) is 0. The first-order valence-corrected chi connectivity index (χ1v) is 7.16. The minimum atomic E-state index is -0.121. The third-order valence-corrected chi connectivity index (χ3v) is 3.67. The number of phenols is 1. The number of carbonyl (C=O) groups excluding carboxylic acids is 1. The highest BCUT2D eigenvalue weighted by molar-refractivity contribution is 9.10. The van der Waals surface area contributed by atoms with Crippen molar-refractivity contribution in [3.63, 3.8) is 0 Å². The summed E-state index contributed by atoms with van der Waals surface area (Å²) < 4.78 is 0.555. The molecule has 0 atom stereocenters. The number of hydrogen-bond acceptors (Lipinski definition) is 2. The molecule has 0 bridgehead atoms. The molecule has 5 heteroatoms. The van der Waals surface area contributed by atoms with Crippen LogP contribution in [0.5, 0.6) is 5.75 Å². The van der Waals surface area contributed by atoms with E-state index in [9.17, 15) is 9.90 Å². The van der Waals surface area contributed by atoms with Gasteiger partial charge in [0.05, 0.1) is 10.9 Å². The van der Waals surface area contributed by atoms with Crippen molar-refractivity contribution in [3.8, 4) is 5.75 Å². The van der Waals surface area contributed by atoms with E-state index in [1.165, 1.54) is 0 Å². The first-order chi connectivity index (χ1) is 9.45. The summed E-state index contributed by atoms with van der Waals surface area (Å²) >= 11 is 9.04. The summed E-state index contributed by atoms with van der Waals surface area (Å²) in [5.41, 5.74) is 2.23. The zero-order chi connectivity index (χ0) is 14.7. The fourth-order valence-electron chi connectivity index (χ4n) is 1.80. The van der Waals surface area contributed by atoms with E-state index in [0.29, 0.717) is 20.7 Å². The van der Waals surface area contributed by atoms with Gasteiger partial charge in [0.1, 0.15) is 5.75 Å². The average molecular weight is 355 g/mol. The Hall–Kier alpha value is -1.52. The molecule has 0 heterocycles. The standard InChI is InChI=1S/C15H13BrClNO2/c1-9-6-12(8-13(16)15(9)20)18-14(19)7-10-2-4-11(17)5-3-10/h2-6,8,20H,7H2,1H3,(H,18,19). The number of nitrogens with one attached hydrogen (secondary N) is 1. The topological polar surface area (TPSA) is 49.3 Å². The Morgan fingerprint density at radius 2 is 1.95 bits per heavy atom. The number of rotatable bonds is 3. The van der Waals surface area contributed by atoms with Crippen molar-refractivity contribution in [1.29, 1.82) is 0 Å². The maximum Gasteiger partial charge on any atom is 0.228 e. The lowest BCUT2D eigenvalue weighted by atomic mass is 10.1. The monoisotopic (exact) mass is 353 g/mol. The molecule has 0 unspecified atom stereocenters. The molecular formula is C15H13BrClNO2. The van der Waals surface area contributed by atoms with Crippen LogP contribution in [0.25, 0.3) is 0 Å². The summed E-state index contributed by atoms with van der Waals surface area (Å²) in [5, 5.41) is 13.1. The molecule has 0 fully saturated rings. The van der Waals surface area contributed by atoms with E-state index >= 15 is 0 Å². The highest BCUT2D eigenvalue weighted by atomic mass is 79.9. The van der Waals surface area contributed by atoms with Gasteiger partial charge in [-0.15, -0.1) is 0 Å². The van der Waals surface area contributed by atoms with Gasteiger partial charge in [0.15, 0.2) is 0 Å². The highest BCUT2D eigenvalue weighted by Crippen LogP contribution is 2.30. The molecule has 2 aromatic carbocycles. The average Bonchev–Trinajstić information content (AvgIpc) is 2.38. The smallest absolute Gasteiger partial charge is 0.228 e. The normalized spacial score (nSPS) is 10.3. The number of aromatic hydroxyl groups is 1. The first kappa shape index (κ1) is 14.9. The van der Waals surface area contributed by atoms with Gasteiger partial charge < -0.3 is 10.4 Å². The molecule has 0 aliphatic rings. The highest BCUT2D eigenvalue weighted by Gasteiger charge is 2.08. The van der Waals surface area contributed by atoms with E-state index < -0.39 is 0 Å². The number of anilines is 1. The molecule has 20 heavy (non-hydrogen) atoms. The number of halogens is 2. The van der Waals surface area contributed by atoms with Crippen LogP contribution < -0.4 is 5.32 Å². The molecule has 2 rings (SSSR count). The molecule has 0 saturated carbocycles. The number of carbonyl (C=O) groups is 1. The second-order valence-electron chi connectivity index (χ2n) is 4.47. The molecule has 0 aromatic heterocycles. The largest absolute Gasteiger partial charge is 0.506 e. The van der Waals surface area contributed by atoms with Gasteiger partial charge >= 0.3 is 0 Å². The minimum absolute atomic E-state index is 0.121. The van der Waals surface area contributed by atoms with Crippen molar-refractivity contribution in [3.05, 3.63) is 57.0 Å². The van der Waals surface area contributed by atoms with Crippen molar-refractivity contribution in [2.75, 3.05) is 5.32 Å². The van der Waals surface area contributed by atoms with Gasteiger partial charge in [-0.25, -0.2) is 0 Å². The number of amides is 1. The summed E-state index contributed by atoms with van der Waals surface area (Å²) in [6.45, 7) is 1.77. The lowest BCUT2D eigenvalue weighted by Crippen LogP contribution is -2.14. The van der Waals surface area contributed by atoms with E-state index in [1.807, 2.05) is 12.1 Å². The minimum Gasteiger partial charge on any atom is -0.506 e. The van der Waals surface area contributed by atoms with Gasteiger partial charge in [-0.3, -0.25) is 4.79 Å². The van der Waals surface area contributed by atoms with E-state index in [4.69, 9.17) is 11.6 Å². The van der Waals surface area contributed by atoms with Crippen LogP contribution in [-0.4, -0.2) is 11.0 Å². The number of aryl methyl sites for hydroxylation is 1. The molecule has 0 radical (unpaired) electrons. The molecule has 104 valence electrons. The van der Waals surface area contributed by atoms with E-state index in [-0.39, 0.29) is 18.1 Å². The first-order valence-electron chi connectivity index (χ1n) is 5.99. The Kier molecular flexibility index (Phi) is 4.68. The van der Waals surface area contributed by atoms with Crippen LogP contribution in [0.2, 0.25) is 5.02 Å². The SMILES string of the molecule is Cc1cc(NC(=O)Cc2ccc(Cl)cc2)cc(Br)c1O. The van der Waals surface area contributed by atoms with Crippen molar-refractivity contribution in [1.82, 2.24) is 0 Å². The Labute approximate surface area is 130 Å². The molecular weight excluding hydrogens is 342 g/mol. The van der Waals surface area contributed by atoms with Gasteiger partial charge in [0.25, 0.3) is 0 Å². The Balaban J connectivity index is 2.06. The van der Waals surface area contributed by atoms with Gasteiger partial charge in [-0.2, -0.15) is 0 Å². The quantitative estimate of drug-likeness (QED) is 0.808. The lowest BCUT2D eigenvalue weighted by Gasteiger charge is -2.09. The third-order valence-electron chi connectivity index (χ3n) is 2.82. The van der Waals surface area contributed by atoms with E-state index in [1.54, 1.807) is 31.2 Å². The van der Waals surface area contributed by atoms with Gasteiger partial charge in [0.2, 0.25) is 5.91 Å². The Morgan fingerprint density at radius 1 is 1.30 bits per heavy atom. The molecule has 2 N–H and O–H groups in total.